The van der Waals surface area contributed by atoms with E-state index >= 15 is 0 Å². The van der Waals surface area contributed by atoms with Gasteiger partial charge in [-0.2, -0.15) is 0 Å². The fourth-order valence-corrected chi connectivity index (χ4v) is 2.09. The van der Waals surface area contributed by atoms with Crippen LogP contribution in [0.3, 0.4) is 0 Å². The molecule has 1 unspecified atom stereocenters. The Labute approximate surface area is 112 Å². The van der Waals surface area contributed by atoms with Crippen LogP contribution >= 0.6 is 23.2 Å². The van der Waals surface area contributed by atoms with E-state index in [4.69, 9.17) is 33.8 Å². The van der Waals surface area contributed by atoms with Crippen molar-refractivity contribution in [3.05, 3.63) is 33.8 Å². The first-order chi connectivity index (χ1) is 8.19. The Balaban J connectivity index is 2.57. The molecule has 0 spiro atoms. The number of hydrogen-bond acceptors (Lipinski definition) is 3. The third kappa shape index (κ3) is 4.82. The molecule has 0 heterocycles. The van der Waals surface area contributed by atoms with Crippen molar-refractivity contribution in [3.63, 3.8) is 0 Å². The number of nitrogens with two attached hydrogens (primary N) is 1. The van der Waals surface area contributed by atoms with Gasteiger partial charge in [-0.3, -0.25) is 11.3 Å². The molecule has 3 nitrogen and oxygen atoms in total. The largest absolute Gasteiger partial charge is 0.385 e. The highest BCUT2D eigenvalue weighted by Gasteiger charge is 2.11. The first kappa shape index (κ1) is 14.7. The van der Waals surface area contributed by atoms with Crippen LogP contribution in [0.4, 0.5) is 0 Å². The lowest BCUT2D eigenvalue weighted by molar-refractivity contribution is 0.188. The number of halogens is 2. The zero-order chi connectivity index (χ0) is 12.7. The number of nitrogens with one attached hydrogen (secondary N) is 1. The first-order valence-electron chi connectivity index (χ1n) is 5.57. The molecule has 0 aliphatic rings. The van der Waals surface area contributed by atoms with Crippen LogP contribution in [0.2, 0.25) is 10.0 Å². The summed E-state index contributed by atoms with van der Waals surface area (Å²) in [7, 11) is 1.69. The third-order valence-corrected chi connectivity index (χ3v) is 3.49. The lowest BCUT2D eigenvalue weighted by atomic mass is 10.0. The Morgan fingerprint density at radius 2 is 2.18 bits per heavy atom. The number of methoxy groups -OCH3 is 1. The van der Waals surface area contributed by atoms with Crippen molar-refractivity contribution in [2.24, 2.45) is 5.84 Å². The van der Waals surface area contributed by atoms with Crippen LogP contribution in [0, 0.1) is 0 Å². The molecule has 0 bridgehead atoms. The second-order valence-corrected chi connectivity index (χ2v) is 4.70. The zero-order valence-corrected chi connectivity index (χ0v) is 11.4. The molecule has 0 aromatic heterocycles. The highest BCUT2D eigenvalue weighted by Crippen LogP contribution is 2.26. The van der Waals surface area contributed by atoms with E-state index in [2.05, 4.69) is 5.43 Å². The highest BCUT2D eigenvalue weighted by atomic mass is 35.5. The Morgan fingerprint density at radius 3 is 2.82 bits per heavy atom. The van der Waals surface area contributed by atoms with E-state index in [0.717, 1.165) is 31.4 Å². The molecular weight excluding hydrogens is 259 g/mol. The summed E-state index contributed by atoms with van der Waals surface area (Å²) in [6.07, 6.45) is 2.66. The summed E-state index contributed by atoms with van der Waals surface area (Å²) in [6.45, 7) is 0.738. The lowest BCUT2D eigenvalue weighted by Gasteiger charge is -2.16. The molecule has 96 valence electrons. The van der Waals surface area contributed by atoms with Gasteiger partial charge < -0.3 is 4.74 Å². The average molecular weight is 277 g/mol. The van der Waals surface area contributed by atoms with E-state index in [1.54, 1.807) is 13.2 Å². The maximum Gasteiger partial charge on any atom is 0.0624 e. The predicted octanol–water partition coefficient (Wildman–Crippen LogP) is 2.79. The van der Waals surface area contributed by atoms with Gasteiger partial charge in [0.1, 0.15) is 0 Å². The molecule has 0 fully saturated rings. The lowest BCUT2D eigenvalue weighted by Crippen LogP contribution is -2.37. The van der Waals surface area contributed by atoms with Crippen molar-refractivity contribution < 1.29 is 4.74 Å². The van der Waals surface area contributed by atoms with Crippen molar-refractivity contribution in [3.8, 4) is 0 Å². The van der Waals surface area contributed by atoms with Gasteiger partial charge in [-0.15, -0.1) is 0 Å². The van der Waals surface area contributed by atoms with Crippen LogP contribution in [0.5, 0.6) is 0 Å². The van der Waals surface area contributed by atoms with Gasteiger partial charge in [0.05, 0.1) is 10.0 Å². The number of hydrogen-bond donors (Lipinski definition) is 2. The highest BCUT2D eigenvalue weighted by molar-refractivity contribution is 6.42. The fraction of sp³-hybridized carbons (Fsp3) is 0.500. The van der Waals surface area contributed by atoms with Crippen LogP contribution < -0.4 is 11.3 Å². The second kappa shape index (κ2) is 7.90. The zero-order valence-electron chi connectivity index (χ0n) is 9.88. The SMILES string of the molecule is COCCCC(Cc1cccc(Cl)c1Cl)NN. The summed E-state index contributed by atoms with van der Waals surface area (Å²) >= 11 is 12.1. The van der Waals surface area contributed by atoms with Gasteiger partial charge in [0.15, 0.2) is 0 Å². The summed E-state index contributed by atoms with van der Waals surface area (Å²) < 4.78 is 5.01. The third-order valence-electron chi connectivity index (χ3n) is 2.63. The van der Waals surface area contributed by atoms with Gasteiger partial charge in [-0.05, 0) is 30.9 Å². The maximum absolute atomic E-state index is 6.13. The van der Waals surface area contributed by atoms with Crippen LogP contribution in [0.25, 0.3) is 0 Å². The second-order valence-electron chi connectivity index (χ2n) is 3.92. The van der Waals surface area contributed by atoms with Crippen LogP contribution in [-0.4, -0.2) is 19.8 Å². The van der Waals surface area contributed by atoms with E-state index in [1.165, 1.54) is 0 Å². The van der Waals surface area contributed by atoms with Gasteiger partial charge in [0.25, 0.3) is 0 Å². The molecule has 0 aliphatic carbocycles. The molecule has 0 radical (unpaired) electrons. The smallest absolute Gasteiger partial charge is 0.0624 e. The average Bonchev–Trinajstić information content (AvgIpc) is 2.33. The maximum atomic E-state index is 6.13. The van der Waals surface area contributed by atoms with E-state index in [0.29, 0.717) is 10.0 Å². The van der Waals surface area contributed by atoms with Gasteiger partial charge in [0.2, 0.25) is 0 Å². The van der Waals surface area contributed by atoms with Crippen molar-refractivity contribution in [2.75, 3.05) is 13.7 Å². The normalized spacial score (nSPS) is 12.7. The van der Waals surface area contributed by atoms with Gasteiger partial charge >= 0.3 is 0 Å². The Hall–Kier alpha value is -0.320. The van der Waals surface area contributed by atoms with E-state index in [-0.39, 0.29) is 6.04 Å². The van der Waals surface area contributed by atoms with Crippen LogP contribution in [-0.2, 0) is 11.2 Å². The molecule has 1 rings (SSSR count). The fourth-order valence-electron chi connectivity index (χ4n) is 1.69. The quantitative estimate of drug-likeness (QED) is 0.457. The minimum atomic E-state index is 0.182. The number of hydrazine groups is 1. The molecule has 3 N–H and O–H groups in total. The summed E-state index contributed by atoms with van der Waals surface area (Å²) in [5, 5.41) is 1.19. The summed E-state index contributed by atoms with van der Waals surface area (Å²) in [6, 6.07) is 5.82. The van der Waals surface area contributed by atoms with E-state index in [1.807, 2.05) is 12.1 Å². The van der Waals surface area contributed by atoms with E-state index < -0.39 is 0 Å². The van der Waals surface area contributed by atoms with Crippen molar-refractivity contribution >= 4 is 23.2 Å². The number of benzene rings is 1. The Morgan fingerprint density at radius 1 is 1.41 bits per heavy atom. The molecule has 17 heavy (non-hydrogen) atoms. The molecule has 0 saturated carbocycles. The van der Waals surface area contributed by atoms with Crippen molar-refractivity contribution in [1.82, 2.24) is 5.43 Å². The molecule has 0 amide bonds. The first-order valence-corrected chi connectivity index (χ1v) is 6.32. The van der Waals surface area contributed by atoms with Gasteiger partial charge in [0, 0.05) is 19.8 Å². The minimum absolute atomic E-state index is 0.182. The van der Waals surface area contributed by atoms with Crippen molar-refractivity contribution in [1.29, 1.82) is 0 Å². The standard InChI is InChI=1S/C12H18Cl2N2O/c1-17-7-3-5-10(16-15)8-9-4-2-6-11(13)12(9)14/h2,4,6,10,16H,3,5,7-8,15H2,1H3. The van der Waals surface area contributed by atoms with Crippen LogP contribution in [0.15, 0.2) is 18.2 Å². The molecule has 5 heteroatoms. The Kier molecular flexibility index (Phi) is 6.85. The predicted molar refractivity (Wildman–Crippen MR) is 72.4 cm³/mol. The molecule has 0 saturated heterocycles. The molecule has 1 atom stereocenters. The van der Waals surface area contributed by atoms with Gasteiger partial charge in [-0.1, -0.05) is 35.3 Å². The topological polar surface area (TPSA) is 47.3 Å². The van der Waals surface area contributed by atoms with Crippen LogP contribution in [0.1, 0.15) is 18.4 Å². The summed E-state index contributed by atoms with van der Waals surface area (Å²) in [5.74, 6) is 5.52. The summed E-state index contributed by atoms with van der Waals surface area (Å²) in [4.78, 5) is 0. The van der Waals surface area contributed by atoms with Gasteiger partial charge in [-0.25, -0.2) is 0 Å². The molecule has 1 aromatic rings. The molecular formula is C12H18Cl2N2O. The Bertz CT molecular complexity index is 347. The monoisotopic (exact) mass is 276 g/mol. The number of rotatable bonds is 7. The molecule has 0 aliphatic heterocycles. The van der Waals surface area contributed by atoms with Crippen molar-refractivity contribution in [2.45, 2.75) is 25.3 Å². The summed E-state index contributed by atoms with van der Waals surface area (Å²) in [5.41, 5.74) is 3.81. The molecule has 1 aromatic carbocycles. The minimum Gasteiger partial charge on any atom is -0.385 e. The number of ether oxygens (including phenoxy) is 1. The van der Waals surface area contributed by atoms with E-state index in [9.17, 15) is 0 Å².